The van der Waals surface area contributed by atoms with E-state index in [1.807, 2.05) is 54.9 Å². The molecule has 3 amide bonds. The normalized spacial score (nSPS) is 17.3. The third kappa shape index (κ3) is 7.74. The summed E-state index contributed by atoms with van der Waals surface area (Å²) in [5, 5.41) is 3.03. The second kappa shape index (κ2) is 16.4. The minimum atomic E-state index is -0.277. The van der Waals surface area contributed by atoms with Gasteiger partial charge in [-0.3, -0.25) is 34.2 Å². The maximum atomic E-state index is 14.2. The van der Waals surface area contributed by atoms with E-state index in [1.165, 1.54) is 7.11 Å². The SMILES string of the molecule is COc1cc2c(cc1OCCCOc1cc3c(cc1OC)C(=O)N1c4ccccc4C[C@H]1C=N3)N=CC1Cc3ccc(NC(=O)CCC(C)(C)SSC)cc3N1C2=O. The molecule has 0 saturated carbocycles. The standard InChI is InChI=1S/C44H45N5O7S2/c1-44(2,58-57-5)14-13-41(50)47-28-12-11-27-18-30-25-46-34-23-40(38(54-4)21-32(34)43(52)49(30)36(27)19-28)56-16-8-15-55-39-22-33-31(20-37(39)53-3)42(51)48-29(24-45-33)17-26-9-6-7-10-35(26)48/h6-7,9-12,19-25,29-30H,8,13-18H2,1-5H3,(H,47,50)/t29-,30?/m0/s1. The Hall–Kier alpha value is -5.47. The zero-order valence-corrected chi connectivity index (χ0v) is 34.7. The van der Waals surface area contributed by atoms with Gasteiger partial charge >= 0.3 is 0 Å². The van der Waals surface area contributed by atoms with E-state index in [-0.39, 0.29) is 41.2 Å². The fraction of sp³-hybridized carbons (Fsp3) is 0.341. The molecule has 2 atom stereocenters. The smallest absolute Gasteiger partial charge is 0.261 e. The first kappa shape index (κ1) is 39.4. The molecule has 8 rings (SSSR count). The monoisotopic (exact) mass is 819 g/mol. The number of hydrogen-bond donors (Lipinski definition) is 1. The number of carbonyl (C=O) groups is 3. The van der Waals surface area contributed by atoms with Gasteiger partial charge in [-0.15, -0.1) is 0 Å². The van der Waals surface area contributed by atoms with Crippen LogP contribution < -0.4 is 34.1 Å². The van der Waals surface area contributed by atoms with Crippen LogP contribution in [-0.2, 0) is 17.6 Å². The van der Waals surface area contributed by atoms with E-state index in [0.29, 0.717) is 83.5 Å². The van der Waals surface area contributed by atoms with E-state index >= 15 is 0 Å². The van der Waals surface area contributed by atoms with E-state index < -0.39 is 0 Å². The van der Waals surface area contributed by atoms with E-state index in [0.717, 1.165) is 28.9 Å². The Bertz CT molecular complexity index is 2350. The Balaban J connectivity index is 0.909. The van der Waals surface area contributed by atoms with Crippen molar-refractivity contribution in [1.29, 1.82) is 0 Å². The fourth-order valence-corrected chi connectivity index (χ4v) is 10.1. The number of methoxy groups -OCH3 is 2. The molecule has 0 aliphatic carbocycles. The maximum Gasteiger partial charge on any atom is 0.261 e. The molecule has 58 heavy (non-hydrogen) atoms. The Kier molecular flexibility index (Phi) is 11.1. The summed E-state index contributed by atoms with van der Waals surface area (Å²) in [6.45, 7) is 4.87. The van der Waals surface area contributed by atoms with Crippen LogP contribution in [0.3, 0.4) is 0 Å². The molecule has 0 saturated heterocycles. The molecule has 4 heterocycles. The van der Waals surface area contributed by atoms with Crippen LogP contribution in [0.4, 0.5) is 28.4 Å². The summed E-state index contributed by atoms with van der Waals surface area (Å²) in [7, 11) is 6.54. The minimum Gasteiger partial charge on any atom is -0.493 e. The maximum absolute atomic E-state index is 14.2. The average Bonchev–Trinajstić information content (AvgIpc) is 3.70. The number of nitrogens with one attached hydrogen (secondary N) is 1. The highest BCUT2D eigenvalue weighted by molar-refractivity contribution is 8.76. The van der Waals surface area contributed by atoms with Crippen LogP contribution in [0.2, 0.25) is 0 Å². The van der Waals surface area contributed by atoms with Crippen LogP contribution >= 0.6 is 21.6 Å². The lowest BCUT2D eigenvalue weighted by Gasteiger charge is -2.23. The van der Waals surface area contributed by atoms with Crippen molar-refractivity contribution in [2.45, 2.75) is 62.8 Å². The number of nitrogens with zero attached hydrogens (tertiary/aromatic N) is 4. The first-order valence-electron chi connectivity index (χ1n) is 19.2. The highest BCUT2D eigenvalue weighted by atomic mass is 33.1. The van der Waals surface area contributed by atoms with Gasteiger partial charge in [0.05, 0.1) is 67.7 Å². The van der Waals surface area contributed by atoms with Crippen molar-refractivity contribution in [1.82, 2.24) is 0 Å². The lowest BCUT2D eigenvalue weighted by atomic mass is 10.1. The predicted octanol–water partition coefficient (Wildman–Crippen LogP) is 8.64. The second-order valence-corrected chi connectivity index (χ2v) is 18.2. The molecule has 14 heteroatoms. The van der Waals surface area contributed by atoms with Crippen molar-refractivity contribution in [2.24, 2.45) is 9.98 Å². The Morgan fingerprint density at radius 3 is 1.93 bits per heavy atom. The number of rotatable bonds is 14. The number of para-hydroxylation sites is 1. The number of hydrogen-bond acceptors (Lipinski definition) is 11. The first-order valence-corrected chi connectivity index (χ1v) is 21.8. The number of fused-ring (bicyclic) bond motifs is 8. The van der Waals surface area contributed by atoms with Crippen LogP contribution in [0.15, 0.2) is 76.7 Å². The summed E-state index contributed by atoms with van der Waals surface area (Å²) in [6, 6.07) is 20.1. The molecular formula is C44H45N5O7S2. The molecule has 12 nitrogen and oxygen atoms in total. The summed E-state index contributed by atoms with van der Waals surface area (Å²) in [5.74, 6) is 1.38. The van der Waals surface area contributed by atoms with Crippen molar-refractivity contribution in [2.75, 3.05) is 48.8 Å². The van der Waals surface area contributed by atoms with Crippen molar-refractivity contribution in [3.63, 3.8) is 0 Å². The molecule has 4 aromatic carbocycles. The van der Waals surface area contributed by atoms with E-state index in [1.54, 1.807) is 69.0 Å². The number of carbonyl (C=O) groups excluding carboxylic acids is 3. The van der Waals surface area contributed by atoms with Gasteiger partial charge in [-0.1, -0.05) is 45.9 Å². The number of benzene rings is 4. The molecule has 0 bridgehead atoms. The Morgan fingerprint density at radius 2 is 1.34 bits per heavy atom. The predicted molar refractivity (Wildman–Crippen MR) is 232 cm³/mol. The van der Waals surface area contributed by atoms with Crippen LogP contribution in [0.5, 0.6) is 23.0 Å². The van der Waals surface area contributed by atoms with Crippen LogP contribution in [0.1, 0.15) is 65.0 Å². The summed E-state index contributed by atoms with van der Waals surface area (Å²) < 4.78 is 23.6. The van der Waals surface area contributed by atoms with Crippen molar-refractivity contribution in [3.05, 3.63) is 89.0 Å². The van der Waals surface area contributed by atoms with Gasteiger partial charge in [0, 0.05) is 66.4 Å². The first-order chi connectivity index (χ1) is 28.1. The number of aliphatic imine (C=N–C) groups is 2. The molecule has 0 spiro atoms. The van der Waals surface area contributed by atoms with Gasteiger partial charge < -0.3 is 24.3 Å². The topological polar surface area (TPSA) is 131 Å². The number of amides is 3. The fourth-order valence-electron chi connectivity index (χ4n) is 7.83. The second-order valence-electron chi connectivity index (χ2n) is 15.1. The Labute approximate surface area is 345 Å². The highest BCUT2D eigenvalue weighted by Crippen LogP contribution is 2.44. The van der Waals surface area contributed by atoms with E-state index in [2.05, 4.69) is 19.2 Å². The van der Waals surface area contributed by atoms with Crippen molar-refractivity contribution >= 4 is 80.2 Å². The lowest BCUT2D eigenvalue weighted by molar-refractivity contribution is -0.116. The van der Waals surface area contributed by atoms with Gasteiger partial charge in [-0.25, -0.2) is 0 Å². The van der Waals surface area contributed by atoms with Crippen LogP contribution in [0.25, 0.3) is 0 Å². The molecule has 4 aliphatic rings. The largest absolute Gasteiger partial charge is 0.493 e. The Morgan fingerprint density at radius 1 is 0.776 bits per heavy atom. The quantitative estimate of drug-likeness (QED) is 0.0982. The van der Waals surface area contributed by atoms with Gasteiger partial charge in [0.25, 0.3) is 11.8 Å². The molecule has 4 aliphatic heterocycles. The molecule has 1 unspecified atom stereocenters. The van der Waals surface area contributed by atoms with E-state index in [4.69, 9.17) is 28.9 Å². The number of ether oxygens (including phenoxy) is 4. The molecule has 300 valence electrons. The molecule has 0 fully saturated rings. The molecule has 0 radical (unpaired) electrons. The molecular weight excluding hydrogens is 775 g/mol. The molecule has 4 aromatic rings. The van der Waals surface area contributed by atoms with Gasteiger partial charge in [-0.05, 0) is 68.0 Å². The highest BCUT2D eigenvalue weighted by Gasteiger charge is 2.38. The average molecular weight is 820 g/mol. The molecule has 1 N–H and O–H groups in total. The van der Waals surface area contributed by atoms with Crippen molar-refractivity contribution < 1.29 is 33.3 Å². The van der Waals surface area contributed by atoms with Gasteiger partial charge in [0.15, 0.2) is 23.0 Å². The molecule has 0 aromatic heterocycles. The lowest BCUT2D eigenvalue weighted by Crippen LogP contribution is -2.37. The van der Waals surface area contributed by atoms with Crippen LogP contribution in [0, 0.1) is 0 Å². The third-order valence-corrected chi connectivity index (χ3v) is 13.4. The zero-order chi connectivity index (χ0) is 40.6. The van der Waals surface area contributed by atoms with Crippen molar-refractivity contribution in [3.8, 4) is 23.0 Å². The van der Waals surface area contributed by atoms with Crippen LogP contribution in [-0.4, -0.2) is 80.7 Å². The summed E-state index contributed by atoms with van der Waals surface area (Å²) >= 11 is 0. The minimum absolute atomic E-state index is 0.0155. The summed E-state index contributed by atoms with van der Waals surface area (Å²) in [5.41, 5.74) is 6.29. The summed E-state index contributed by atoms with van der Waals surface area (Å²) in [6.07, 6.45) is 8.65. The zero-order valence-electron chi connectivity index (χ0n) is 33.1. The van der Waals surface area contributed by atoms with Gasteiger partial charge in [0.1, 0.15) is 0 Å². The third-order valence-electron chi connectivity index (χ3n) is 10.7. The van der Waals surface area contributed by atoms with Gasteiger partial charge in [-0.2, -0.15) is 0 Å². The number of anilines is 3. The van der Waals surface area contributed by atoms with Gasteiger partial charge in [0.2, 0.25) is 5.91 Å². The summed E-state index contributed by atoms with van der Waals surface area (Å²) in [4.78, 5) is 53.8. The van der Waals surface area contributed by atoms with E-state index in [9.17, 15) is 14.4 Å².